The van der Waals surface area contributed by atoms with Crippen molar-refractivity contribution in [3.63, 3.8) is 0 Å². The monoisotopic (exact) mass is 146 g/mol. The average Bonchev–Trinajstić information content (AvgIpc) is 1.88. The van der Waals surface area contributed by atoms with E-state index in [0.717, 1.165) is 6.41 Å². The summed E-state index contributed by atoms with van der Waals surface area (Å²) in [6, 6.07) is 0. The molecule has 0 aliphatic carbocycles. The van der Waals surface area contributed by atoms with E-state index >= 15 is 0 Å². The first kappa shape index (κ1) is 8.90. The van der Waals surface area contributed by atoms with Crippen LogP contribution in [-0.2, 0) is 9.59 Å². The Balaban J connectivity index is 4.21. The SMILES string of the molecule is CCC(O)(N[C]=O)C(=O)O. The summed E-state index contributed by atoms with van der Waals surface area (Å²) in [5.41, 5.74) is -2.16. The van der Waals surface area contributed by atoms with Crippen molar-refractivity contribution < 1.29 is 19.8 Å². The molecule has 1 atom stereocenters. The highest BCUT2D eigenvalue weighted by atomic mass is 16.4. The molecule has 10 heavy (non-hydrogen) atoms. The lowest BCUT2D eigenvalue weighted by Gasteiger charge is -2.18. The van der Waals surface area contributed by atoms with Gasteiger partial charge in [-0.1, -0.05) is 6.92 Å². The topological polar surface area (TPSA) is 86.6 Å². The van der Waals surface area contributed by atoms with Gasteiger partial charge < -0.3 is 15.5 Å². The molecule has 0 heterocycles. The third-order valence-electron chi connectivity index (χ3n) is 1.12. The van der Waals surface area contributed by atoms with Crippen LogP contribution in [0.15, 0.2) is 0 Å². The summed E-state index contributed by atoms with van der Waals surface area (Å²) >= 11 is 0. The van der Waals surface area contributed by atoms with Gasteiger partial charge in [-0.3, -0.25) is 4.79 Å². The highest BCUT2D eigenvalue weighted by Crippen LogP contribution is 2.03. The van der Waals surface area contributed by atoms with Crippen LogP contribution in [0.4, 0.5) is 0 Å². The number of amides is 1. The first-order valence-electron chi connectivity index (χ1n) is 2.67. The predicted molar refractivity (Wildman–Crippen MR) is 31.7 cm³/mol. The minimum absolute atomic E-state index is 0.0996. The Bertz CT molecular complexity index is 147. The predicted octanol–water partition coefficient (Wildman–Crippen LogP) is -1.17. The van der Waals surface area contributed by atoms with Gasteiger partial charge in [-0.2, -0.15) is 0 Å². The minimum atomic E-state index is -2.16. The zero-order chi connectivity index (χ0) is 8.20. The Morgan fingerprint density at radius 3 is 2.40 bits per heavy atom. The molecule has 5 nitrogen and oxygen atoms in total. The van der Waals surface area contributed by atoms with Crippen molar-refractivity contribution in [2.45, 2.75) is 19.1 Å². The van der Waals surface area contributed by atoms with Gasteiger partial charge in [-0.05, 0) is 0 Å². The second kappa shape index (κ2) is 3.17. The van der Waals surface area contributed by atoms with E-state index in [0.29, 0.717) is 0 Å². The van der Waals surface area contributed by atoms with E-state index in [2.05, 4.69) is 0 Å². The first-order valence-corrected chi connectivity index (χ1v) is 2.67. The molecule has 0 aromatic rings. The lowest BCUT2D eigenvalue weighted by Crippen LogP contribution is -2.50. The summed E-state index contributed by atoms with van der Waals surface area (Å²) in [4.78, 5) is 19.8. The van der Waals surface area contributed by atoms with E-state index in [9.17, 15) is 9.59 Å². The smallest absolute Gasteiger partial charge is 0.357 e. The molecule has 0 rings (SSSR count). The molecule has 0 saturated carbocycles. The van der Waals surface area contributed by atoms with Crippen LogP contribution in [0.3, 0.4) is 0 Å². The van der Waals surface area contributed by atoms with E-state index in [1.807, 2.05) is 0 Å². The van der Waals surface area contributed by atoms with Crippen LogP contribution >= 0.6 is 0 Å². The molecule has 0 aromatic carbocycles. The molecule has 3 N–H and O–H groups in total. The van der Waals surface area contributed by atoms with Gasteiger partial charge in [0.15, 0.2) is 0 Å². The standard InChI is InChI=1S/C5H8NO4/c1-2-5(10,4(8)9)6-3-7/h10H,2H2,1H3,(H,6,7)(H,8,9). The van der Waals surface area contributed by atoms with Crippen LogP contribution in [-0.4, -0.2) is 28.3 Å². The lowest BCUT2D eigenvalue weighted by atomic mass is 10.2. The van der Waals surface area contributed by atoms with Crippen molar-refractivity contribution >= 4 is 12.4 Å². The van der Waals surface area contributed by atoms with E-state index in [1.54, 1.807) is 5.32 Å². The van der Waals surface area contributed by atoms with E-state index < -0.39 is 11.7 Å². The van der Waals surface area contributed by atoms with Crippen molar-refractivity contribution in [2.24, 2.45) is 0 Å². The van der Waals surface area contributed by atoms with Crippen LogP contribution in [0.2, 0.25) is 0 Å². The Morgan fingerprint density at radius 1 is 1.80 bits per heavy atom. The number of carbonyl (C=O) groups excluding carboxylic acids is 1. The number of carbonyl (C=O) groups is 1. The van der Waals surface area contributed by atoms with Gasteiger partial charge in [0, 0.05) is 6.42 Å². The molecule has 57 valence electrons. The maximum absolute atomic E-state index is 10.2. The third kappa shape index (κ3) is 1.70. The third-order valence-corrected chi connectivity index (χ3v) is 1.12. The number of aliphatic carboxylic acids is 1. The lowest BCUT2D eigenvalue weighted by molar-refractivity contribution is -0.160. The molecule has 0 aliphatic heterocycles. The summed E-state index contributed by atoms with van der Waals surface area (Å²) in [6.45, 7) is 1.43. The number of aliphatic hydroxyl groups is 1. The fourth-order valence-corrected chi connectivity index (χ4v) is 0.378. The average molecular weight is 146 g/mol. The zero-order valence-corrected chi connectivity index (χ0v) is 5.42. The number of rotatable bonds is 4. The van der Waals surface area contributed by atoms with Crippen molar-refractivity contribution in [2.75, 3.05) is 0 Å². The van der Waals surface area contributed by atoms with Crippen LogP contribution in [0.5, 0.6) is 0 Å². The molecule has 0 aliphatic rings. The number of carboxylic acid groups (broad SMARTS) is 1. The highest BCUT2D eigenvalue weighted by Gasteiger charge is 2.33. The minimum Gasteiger partial charge on any atom is -0.478 e. The zero-order valence-electron chi connectivity index (χ0n) is 5.42. The molecular formula is C5H8NO4. The first-order chi connectivity index (χ1) is 4.56. The van der Waals surface area contributed by atoms with Crippen molar-refractivity contribution in [3.05, 3.63) is 0 Å². The Morgan fingerprint density at radius 2 is 2.30 bits per heavy atom. The summed E-state index contributed by atoms with van der Waals surface area (Å²) in [5, 5.41) is 18.9. The van der Waals surface area contributed by atoms with E-state index in [4.69, 9.17) is 10.2 Å². The molecular weight excluding hydrogens is 138 g/mol. The van der Waals surface area contributed by atoms with Crippen molar-refractivity contribution in [3.8, 4) is 0 Å². The second-order valence-corrected chi connectivity index (χ2v) is 1.75. The number of nitrogens with one attached hydrogen (secondary N) is 1. The molecule has 1 unspecified atom stereocenters. The van der Waals surface area contributed by atoms with E-state index in [1.165, 1.54) is 6.92 Å². The number of hydrogen-bond acceptors (Lipinski definition) is 3. The maximum Gasteiger partial charge on any atom is 0.357 e. The Kier molecular flexibility index (Phi) is 2.82. The quantitative estimate of drug-likeness (QED) is 0.344. The molecule has 1 amide bonds. The van der Waals surface area contributed by atoms with Crippen LogP contribution in [0.1, 0.15) is 13.3 Å². The Hall–Kier alpha value is -1.10. The molecule has 0 saturated heterocycles. The highest BCUT2D eigenvalue weighted by molar-refractivity contribution is 5.79. The fraction of sp³-hybridized carbons (Fsp3) is 0.600. The molecule has 0 bridgehead atoms. The number of hydrogen-bond donors (Lipinski definition) is 3. The van der Waals surface area contributed by atoms with Gasteiger partial charge in [0.25, 0.3) is 0 Å². The van der Waals surface area contributed by atoms with Crippen LogP contribution in [0, 0.1) is 0 Å². The molecule has 1 radical (unpaired) electrons. The second-order valence-electron chi connectivity index (χ2n) is 1.75. The van der Waals surface area contributed by atoms with Gasteiger partial charge >= 0.3 is 12.4 Å². The van der Waals surface area contributed by atoms with Gasteiger partial charge in [0.1, 0.15) is 0 Å². The van der Waals surface area contributed by atoms with Crippen molar-refractivity contribution in [1.29, 1.82) is 0 Å². The van der Waals surface area contributed by atoms with E-state index in [-0.39, 0.29) is 6.42 Å². The van der Waals surface area contributed by atoms with Crippen LogP contribution < -0.4 is 5.32 Å². The maximum atomic E-state index is 10.2. The molecule has 0 fully saturated rings. The molecule has 5 heteroatoms. The normalized spacial score (nSPS) is 15.4. The number of carboxylic acids is 1. The Labute approximate surface area is 57.7 Å². The summed E-state index contributed by atoms with van der Waals surface area (Å²) in [5.74, 6) is -1.49. The fourth-order valence-electron chi connectivity index (χ4n) is 0.378. The summed E-state index contributed by atoms with van der Waals surface area (Å²) < 4.78 is 0. The summed E-state index contributed by atoms with van der Waals surface area (Å²) in [7, 11) is 0. The largest absolute Gasteiger partial charge is 0.478 e. The summed E-state index contributed by atoms with van der Waals surface area (Å²) in [6.07, 6.45) is 1.01. The van der Waals surface area contributed by atoms with Gasteiger partial charge in [-0.25, -0.2) is 4.79 Å². The van der Waals surface area contributed by atoms with Gasteiger partial charge in [0.05, 0.1) is 0 Å². The molecule has 0 aromatic heterocycles. The molecule has 0 spiro atoms. The van der Waals surface area contributed by atoms with Gasteiger partial charge in [-0.15, -0.1) is 0 Å². The van der Waals surface area contributed by atoms with Crippen molar-refractivity contribution in [1.82, 2.24) is 5.32 Å². The van der Waals surface area contributed by atoms with Gasteiger partial charge in [0.2, 0.25) is 5.72 Å². The van der Waals surface area contributed by atoms with Crippen LogP contribution in [0.25, 0.3) is 0 Å².